The zero-order valence-corrected chi connectivity index (χ0v) is 12.4. The van der Waals surface area contributed by atoms with Crippen LogP contribution in [0, 0.1) is 12.3 Å². The van der Waals surface area contributed by atoms with Gasteiger partial charge in [0.05, 0.1) is 5.69 Å². The first-order valence-corrected chi connectivity index (χ1v) is 7.05. The van der Waals surface area contributed by atoms with Gasteiger partial charge in [0.25, 0.3) is 0 Å². The molecule has 0 aromatic carbocycles. The maximum atomic E-state index is 5.95. The SMILES string of the molecule is Cc1nc(OC2CCC(C)(C)CC2)ccc1Br. The maximum Gasteiger partial charge on any atom is 0.213 e. The largest absolute Gasteiger partial charge is 0.474 e. The summed E-state index contributed by atoms with van der Waals surface area (Å²) in [6.07, 6.45) is 5.12. The summed E-state index contributed by atoms with van der Waals surface area (Å²) < 4.78 is 6.99. The van der Waals surface area contributed by atoms with Crippen LogP contribution in [0.25, 0.3) is 0 Å². The van der Waals surface area contributed by atoms with Gasteiger partial charge in [-0.15, -0.1) is 0 Å². The van der Waals surface area contributed by atoms with Gasteiger partial charge >= 0.3 is 0 Å². The lowest BCUT2D eigenvalue weighted by molar-refractivity contribution is 0.0947. The Morgan fingerprint density at radius 1 is 1.29 bits per heavy atom. The predicted octanol–water partition coefficient (Wildman–Crippen LogP) is 4.50. The lowest BCUT2D eigenvalue weighted by Gasteiger charge is -2.34. The van der Waals surface area contributed by atoms with Crippen LogP contribution in [0.4, 0.5) is 0 Å². The van der Waals surface area contributed by atoms with E-state index in [1.165, 1.54) is 12.8 Å². The van der Waals surface area contributed by atoms with Crippen LogP contribution in [-0.4, -0.2) is 11.1 Å². The summed E-state index contributed by atoms with van der Waals surface area (Å²) in [5, 5.41) is 0. The molecular formula is C14H20BrNO. The van der Waals surface area contributed by atoms with E-state index < -0.39 is 0 Å². The minimum atomic E-state index is 0.344. The number of rotatable bonds is 2. The lowest BCUT2D eigenvalue weighted by atomic mass is 9.76. The normalized spacial score (nSPS) is 20.2. The van der Waals surface area contributed by atoms with Crippen LogP contribution in [0.5, 0.6) is 5.88 Å². The Kier molecular flexibility index (Phi) is 3.76. The minimum absolute atomic E-state index is 0.344. The summed E-state index contributed by atoms with van der Waals surface area (Å²) in [5.41, 5.74) is 1.47. The number of aromatic nitrogens is 1. The van der Waals surface area contributed by atoms with E-state index in [9.17, 15) is 0 Å². The molecule has 0 aliphatic heterocycles. The highest BCUT2D eigenvalue weighted by Crippen LogP contribution is 2.36. The fraction of sp³-hybridized carbons (Fsp3) is 0.643. The van der Waals surface area contributed by atoms with E-state index in [4.69, 9.17) is 4.74 Å². The molecule has 1 aliphatic carbocycles. The molecule has 0 radical (unpaired) electrons. The van der Waals surface area contributed by atoms with Crippen molar-refractivity contribution in [1.82, 2.24) is 4.98 Å². The van der Waals surface area contributed by atoms with Gasteiger partial charge < -0.3 is 4.74 Å². The third-order valence-corrected chi connectivity index (χ3v) is 4.41. The number of aryl methyl sites for hydroxylation is 1. The topological polar surface area (TPSA) is 22.1 Å². The summed E-state index contributed by atoms with van der Waals surface area (Å²) in [7, 11) is 0. The number of nitrogens with zero attached hydrogens (tertiary/aromatic N) is 1. The second-order valence-electron chi connectivity index (χ2n) is 5.70. The van der Waals surface area contributed by atoms with E-state index >= 15 is 0 Å². The van der Waals surface area contributed by atoms with E-state index in [2.05, 4.69) is 34.8 Å². The fourth-order valence-electron chi connectivity index (χ4n) is 2.25. The zero-order valence-electron chi connectivity index (χ0n) is 10.8. The molecule has 0 bridgehead atoms. The maximum absolute atomic E-state index is 5.95. The first-order valence-electron chi connectivity index (χ1n) is 6.26. The van der Waals surface area contributed by atoms with Gasteiger partial charge in [-0.1, -0.05) is 13.8 Å². The number of halogens is 1. The Hall–Kier alpha value is -0.570. The molecule has 17 heavy (non-hydrogen) atoms. The van der Waals surface area contributed by atoms with Gasteiger partial charge in [-0.05, 0) is 60.0 Å². The van der Waals surface area contributed by atoms with Gasteiger partial charge in [0, 0.05) is 10.5 Å². The number of ether oxygens (including phenoxy) is 1. The molecule has 1 aliphatic rings. The van der Waals surface area contributed by atoms with Gasteiger partial charge in [0.15, 0.2) is 0 Å². The molecule has 1 heterocycles. The smallest absolute Gasteiger partial charge is 0.213 e. The molecule has 1 fully saturated rings. The summed E-state index contributed by atoms with van der Waals surface area (Å²) in [6, 6.07) is 3.95. The van der Waals surface area contributed by atoms with Crippen molar-refractivity contribution in [3.05, 3.63) is 22.3 Å². The summed E-state index contributed by atoms with van der Waals surface area (Å²) in [4.78, 5) is 4.43. The monoisotopic (exact) mass is 297 g/mol. The zero-order chi connectivity index (χ0) is 12.5. The van der Waals surface area contributed by atoms with E-state index in [-0.39, 0.29) is 0 Å². The Bertz CT molecular complexity index is 393. The van der Waals surface area contributed by atoms with Crippen molar-refractivity contribution in [3.8, 4) is 5.88 Å². The Labute approximate surface area is 112 Å². The standard InChI is InChI=1S/C14H20BrNO/c1-10-12(15)4-5-13(16-10)17-11-6-8-14(2,3)9-7-11/h4-5,11H,6-9H2,1-3H3. The summed E-state index contributed by atoms with van der Waals surface area (Å²) in [6.45, 7) is 6.66. The molecule has 0 atom stereocenters. The fourth-order valence-corrected chi connectivity index (χ4v) is 2.47. The molecule has 0 spiro atoms. The van der Waals surface area contributed by atoms with E-state index in [1.807, 2.05) is 19.1 Å². The van der Waals surface area contributed by atoms with Gasteiger partial charge in [-0.3, -0.25) is 0 Å². The first-order chi connectivity index (χ1) is 7.96. The predicted molar refractivity (Wildman–Crippen MR) is 73.3 cm³/mol. The molecule has 0 amide bonds. The van der Waals surface area contributed by atoms with Gasteiger partial charge in [-0.2, -0.15) is 0 Å². The van der Waals surface area contributed by atoms with Crippen LogP contribution in [0.3, 0.4) is 0 Å². The average molecular weight is 298 g/mol. The van der Waals surface area contributed by atoms with Crippen molar-refractivity contribution in [2.24, 2.45) is 5.41 Å². The van der Waals surface area contributed by atoms with Crippen molar-refractivity contribution < 1.29 is 4.74 Å². The quantitative estimate of drug-likeness (QED) is 0.802. The highest BCUT2D eigenvalue weighted by molar-refractivity contribution is 9.10. The molecule has 1 saturated carbocycles. The van der Waals surface area contributed by atoms with Gasteiger partial charge in [0.2, 0.25) is 5.88 Å². The molecule has 0 saturated heterocycles. The molecule has 0 N–H and O–H groups in total. The minimum Gasteiger partial charge on any atom is -0.474 e. The second-order valence-corrected chi connectivity index (χ2v) is 6.55. The average Bonchev–Trinajstić information content (AvgIpc) is 2.27. The van der Waals surface area contributed by atoms with Crippen LogP contribution in [0.15, 0.2) is 16.6 Å². The second kappa shape index (κ2) is 4.97. The molecular weight excluding hydrogens is 278 g/mol. The number of hydrogen-bond donors (Lipinski definition) is 0. The molecule has 2 nitrogen and oxygen atoms in total. The molecule has 94 valence electrons. The van der Waals surface area contributed by atoms with Gasteiger partial charge in [0.1, 0.15) is 6.10 Å². The number of pyridine rings is 1. The Morgan fingerprint density at radius 3 is 2.53 bits per heavy atom. The third kappa shape index (κ3) is 3.44. The third-order valence-electron chi connectivity index (χ3n) is 3.57. The van der Waals surface area contributed by atoms with Crippen molar-refractivity contribution in [1.29, 1.82) is 0 Å². The van der Waals surface area contributed by atoms with Crippen LogP contribution >= 0.6 is 15.9 Å². The van der Waals surface area contributed by atoms with Crippen molar-refractivity contribution in [2.75, 3.05) is 0 Å². The molecule has 1 aromatic rings. The van der Waals surface area contributed by atoms with Crippen molar-refractivity contribution in [2.45, 2.75) is 52.6 Å². The van der Waals surface area contributed by atoms with E-state index in [1.54, 1.807) is 0 Å². The highest BCUT2D eigenvalue weighted by Gasteiger charge is 2.27. The van der Waals surface area contributed by atoms with Crippen molar-refractivity contribution >= 4 is 15.9 Å². The van der Waals surface area contributed by atoms with Crippen LogP contribution < -0.4 is 4.74 Å². The summed E-state index contributed by atoms with van der Waals surface area (Å²) >= 11 is 3.45. The van der Waals surface area contributed by atoms with E-state index in [0.29, 0.717) is 11.5 Å². The van der Waals surface area contributed by atoms with Crippen LogP contribution in [-0.2, 0) is 0 Å². The molecule has 0 unspecified atom stereocenters. The van der Waals surface area contributed by atoms with Crippen LogP contribution in [0.2, 0.25) is 0 Å². The van der Waals surface area contributed by atoms with Crippen molar-refractivity contribution in [3.63, 3.8) is 0 Å². The first kappa shape index (κ1) is 12.9. The molecule has 3 heteroatoms. The highest BCUT2D eigenvalue weighted by atomic mass is 79.9. The Morgan fingerprint density at radius 2 is 1.94 bits per heavy atom. The van der Waals surface area contributed by atoms with Gasteiger partial charge in [-0.25, -0.2) is 4.98 Å². The number of hydrogen-bond acceptors (Lipinski definition) is 2. The lowest BCUT2D eigenvalue weighted by Crippen LogP contribution is -2.28. The molecule has 1 aromatic heterocycles. The Balaban J connectivity index is 1.95. The molecule has 2 rings (SSSR count). The summed E-state index contributed by atoms with van der Waals surface area (Å²) in [5.74, 6) is 0.760. The van der Waals surface area contributed by atoms with Crippen LogP contribution in [0.1, 0.15) is 45.2 Å². The van der Waals surface area contributed by atoms with E-state index in [0.717, 1.165) is 28.9 Å².